The lowest BCUT2D eigenvalue weighted by atomic mass is 9.87. The molecule has 30 heavy (non-hydrogen) atoms. The molecule has 0 saturated carbocycles. The van der Waals surface area contributed by atoms with Crippen LogP contribution in [0.5, 0.6) is 0 Å². The SMILES string of the molecule is CCN(CC)c1cc(C(=O)O)cc(-c2cnc3c(n2)c(C(=O)C(C)(C)C)cn3C)c1. The van der Waals surface area contributed by atoms with E-state index >= 15 is 0 Å². The number of fused-ring (bicyclic) bond motifs is 1. The molecule has 7 heteroatoms. The second kappa shape index (κ2) is 7.89. The standard InChI is InChI=1S/C23H28N4O3/c1-7-27(8-2)16-10-14(9-15(11-16)22(29)30)18-12-24-21-19(25-18)17(13-26(21)6)20(28)23(3,4)5/h9-13H,7-8H2,1-6H3,(H,29,30). The highest BCUT2D eigenvalue weighted by Crippen LogP contribution is 2.30. The zero-order chi connectivity index (χ0) is 22.2. The van der Waals surface area contributed by atoms with E-state index in [2.05, 4.69) is 9.88 Å². The van der Waals surface area contributed by atoms with Crippen LogP contribution < -0.4 is 4.90 Å². The van der Waals surface area contributed by atoms with Crippen LogP contribution in [0.2, 0.25) is 0 Å². The number of nitrogens with zero attached hydrogens (tertiary/aromatic N) is 4. The Hall–Kier alpha value is -3.22. The van der Waals surface area contributed by atoms with E-state index in [9.17, 15) is 14.7 Å². The maximum Gasteiger partial charge on any atom is 0.335 e. The summed E-state index contributed by atoms with van der Waals surface area (Å²) in [6.07, 6.45) is 3.39. The first-order valence-electron chi connectivity index (χ1n) is 10.1. The van der Waals surface area contributed by atoms with E-state index < -0.39 is 11.4 Å². The molecule has 0 saturated heterocycles. The fraction of sp³-hybridized carbons (Fsp3) is 0.391. The van der Waals surface area contributed by atoms with Crippen molar-refractivity contribution < 1.29 is 14.7 Å². The van der Waals surface area contributed by atoms with Crippen molar-refractivity contribution in [1.29, 1.82) is 0 Å². The fourth-order valence-electron chi connectivity index (χ4n) is 3.50. The predicted octanol–water partition coefficient (Wildman–Crippen LogP) is 4.41. The quantitative estimate of drug-likeness (QED) is 0.608. The van der Waals surface area contributed by atoms with Gasteiger partial charge < -0.3 is 14.6 Å². The first-order valence-corrected chi connectivity index (χ1v) is 10.1. The Morgan fingerprint density at radius 2 is 1.80 bits per heavy atom. The first-order chi connectivity index (χ1) is 14.1. The summed E-state index contributed by atoms with van der Waals surface area (Å²) in [5.74, 6) is -1.01. The Morgan fingerprint density at radius 1 is 1.13 bits per heavy atom. The number of ketones is 1. The fourth-order valence-corrected chi connectivity index (χ4v) is 3.50. The lowest BCUT2D eigenvalue weighted by Crippen LogP contribution is -2.22. The van der Waals surface area contributed by atoms with Gasteiger partial charge in [0.25, 0.3) is 0 Å². The summed E-state index contributed by atoms with van der Waals surface area (Å²) in [6.45, 7) is 11.2. The number of carboxylic acid groups (broad SMARTS) is 1. The molecule has 7 nitrogen and oxygen atoms in total. The van der Waals surface area contributed by atoms with E-state index in [0.29, 0.717) is 28.0 Å². The number of carbonyl (C=O) groups excluding carboxylic acids is 1. The van der Waals surface area contributed by atoms with Crippen molar-refractivity contribution in [1.82, 2.24) is 14.5 Å². The highest BCUT2D eigenvalue weighted by atomic mass is 16.4. The Balaban J connectivity index is 2.22. The van der Waals surface area contributed by atoms with Crippen molar-refractivity contribution in [3.63, 3.8) is 0 Å². The molecule has 2 heterocycles. The van der Waals surface area contributed by atoms with Crippen molar-refractivity contribution in [2.75, 3.05) is 18.0 Å². The zero-order valence-electron chi connectivity index (χ0n) is 18.4. The molecular weight excluding hydrogens is 380 g/mol. The maximum atomic E-state index is 12.9. The third kappa shape index (κ3) is 3.92. The van der Waals surface area contributed by atoms with Crippen molar-refractivity contribution in [3.05, 3.63) is 41.7 Å². The molecule has 2 aromatic heterocycles. The van der Waals surface area contributed by atoms with Crippen LogP contribution in [-0.4, -0.2) is 44.5 Å². The highest BCUT2D eigenvalue weighted by Gasteiger charge is 2.27. The minimum atomic E-state index is -0.998. The summed E-state index contributed by atoms with van der Waals surface area (Å²) in [5, 5.41) is 9.59. The van der Waals surface area contributed by atoms with Gasteiger partial charge in [-0.3, -0.25) is 4.79 Å². The average molecular weight is 409 g/mol. The molecule has 0 amide bonds. The van der Waals surface area contributed by atoms with E-state index in [1.807, 2.05) is 47.7 Å². The maximum absolute atomic E-state index is 12.9. The molecule has 3 aromatic rings. The normalized spacial score (nSPS) is 11.7. The van der Waals surface area contributed by atoms with Crippen LogP contribution in [0.1, 0.15) is 55.3 Å². The molecule has 0 aliphatic heterocycles. The number of hydrogen-bond donors (Lipinski definition) is 1. The van der Waals surface area contributed by atoms with Crippen LogP contribution in [0.3, 0.4) is 0 Å². The van der Waals surface area contributed by atoms with Gasteiger partial charge in [0.05, 0.1) is 23.0 Å². The van der Waals surface area contributed by atoms with Gasteiger partial charge in [-0.05, 0) is 32.0 Å². The van der Waals surface area contributed by atoms with Crippen LogP contribution >= 0.6 is 0 Å². The van der Waals surface area contributed by atoms with Gasteiger partial charge in [0, 0.05) is 43.0 Å². The lowest BCUT2D eigenvalue weighted by Gasteiger charge is -2.22. The summed E-state index contributed by atoms with van der Waals surface area (Å²) >= 11 is 0. The molecule has 0 fully saturated rings. The topological polar surface area (TPSA) is 88.3 Å². The Morgan fingerprint density at radius 3 is 2.37 bits per heavy atom. The molecule has 1 N–H and O–H groups in total. The van der Waals surface area contributed by atoms with Crippen molar-refractivity contribution >= 4 is 28.6 Å². The number of carbonyl (C=O) groups is 2. The van der Waals surface area contributed by atoms with Gasteiger partial charge >= 0.3 is 5.97 Å². The molecule has 0 unspecified atom stereocenters. The largest absolute Gasteiger partial charge is 0.478 e. The minimum absolute atomic E-state index is 0.0114. The first kappa shape index (κ1) is 21.5. The summed E-state index contributed by atoms with van der Waals surface area (Å²) < 4.78 is 1.79. The van der Waals surface area contributed by atoms with Gasteiger partial charge in [0.15, 0.2) is 11.4 Å². The monoisotopic (exact) mass is 408 g/mol. The molecule has 0 spiro atoms. The van der Waals surface area contributed by atoms with E-state index in [4.69, 9.17) is 4.98 Å². The lowest BCUT2D eigenvalue weighted by molar-refractivity contribution is 0.0696. The molecule has 3 rings (SSSR count). The van der Waals surface area contributed by atoms with Crippen LogP contribution in [-0.2, 0) is 7.05 Å². The Labute approximate surface area is 176 Å². The van der Waals surface area contributed by atoms with Crippen LogP contribution in [0.4, 0.5) is 5.69 Å². The second-order valence-corrected chi connectivity index (χ2v) is 8.41. The molecule has 1 aromatic carbocycles. The van der Waals surface area contributed by atoms with Gasteiger partial charge in [0.1, 0.15) is 5.52 Å². The average Bonchev–Trinajstić information content (AvgIpc) is 3.03. The Bertz CT molecular complexity index is 1120. The van der Waals surface area contributed by atoms with Crippen LogP contribution in [0.25, 0.3) is 22.4 Å². The van der Waals surface area contributed by atoms with Gasteiger partial charge in [-0.2, -0.15) is 0 Å². The van der Waals surface area contributed by atoms with Gasteiger partial charge in [-0.1, -0.05) is 20.8 Å². The van der Waals surface area contributed by atoms with E-state index in [-0.39, 0.29) is 11.3 Å². The number of aromatic nitrogens is 3. The number of aromatic carboxylic acids is 1. The molecule has 0 aliphatic carbocycles. The number of carboxylic acids is 1. The number of aryl methyl sites for hydroxylation is 1. The molecular formula is C23H28N4O3. The minimum Gasteiger partial charge on any atom is -0.478 e. The van der Waals surface area contributed by atoms with E-state index in [1.54, 1.807) is 29.1 Å². The molecule has 0 bridgehead atoms. The third-order valence-corrected chi connectivity index (χ3v) is 5.18. The molecule has 0 aliphatic rings. The zero-order valence-corrected chi connectivity index (χ0v) is 18.4. The predicted molar refractivity (Wildman–Crippen MR) is 118 cm³/mol. The number of benzene rings is 1. The summed E-state index contributed by atoms with van der Waals surface area (Å²) in [7, 11) is 1.83. The van der Waals surface area contributed by atoms with E-state index in [1.165, 1.54) is 0 Å². The summed E-state index contributed by atoms with van der Waals surface area (Å²) in [6, 6.07) is 5.19. The van der Waals surface area contributed by atoms with Crippen molar-refractivity contribution in [3.8, 4) is 11.3 Å². The smallest absolute Gasteiger partial charge is 0.335 e. The molecule has 0 radical (unpaired) electrons. The molecule has 158 valence electrons. The van der Waals surface area contributed by atoms with E-state index in [0.717, 1.165) is 18.8 Å². The van der Waals surface area contributed by atoms with Crippen LogP contribution in [0.15, 0.2) is 30.6 Å². The highest BCUT2D eigenvalue weighted by molar-refractivity contribution is 6.08. The van der Waals surface area contributed by atoms with Crippen LogP contribution in [0, 0.1) is 5.41 Å². The summed E-state index contributed by atoms with van der Waals surface area (Å²) in [5.41, 5.74) is 3.31. The molecule has 0 atom stereocenters. The summed E-state index contributed by atoms with van der Waals surface area (Å²) in [4.78, 5) is 36.0. The van der Waals surface area contributed by atoms with Crippen molar-refractivity contribution in [2.24, 2.45) is 12.5 Å². The van der Waals surface area contributed by atoms with Crippen molar-refractivity contribution in [2.45, 2.75) is 34.6 Å². The number of anilines is 1. The Kier molecular flexibility index (Phi) is 5.65. The third-order valence-electron chi connectivity index (χ3n) is 5.18. The van der Waals surface area contributed by atoms with Gasteiger partial charge in [0.2, 0.25) is 0 Å². The second-order valence-electron chi connectivity index (χ2n) is 8.41. The number of hydrogen-bond acceptors (Lipinski definition) is 5. The number of rotatable bonds is 6. The van der Waals surface area contributed by atoms with Gasteiger partial charge in [-0.25, -0.2) is 14.8 Å². The van der Waals surface area contributed by atoms with Gasteiger partial charge in [-0.15, -0.1) is 0 Å². The number of Topliss-reactive ketones (excluding diaryl/α,β-unsaturated/α-hetero) is 1.